The van der Waals surface area contributed by atoms with Gasteiger partial charge in [-0.1, -0.05) is 35.5 Å². The fraction of sp³-hybridized carbons (Fsp3) is 0.381. The molecular weight excluding hydrogens is 584 g/mol. The molecule has 1 aliphatic heterocycles. The van der Waals surface area contributed by atoms with E-state index in [0.29, 0.717) is 9.37 Å². The van der Waals surface area contributed by atoms with Gasteiger partial charge in [0, 0.05) is 21.0 Å². The number of halogens is 2. The molecule has 1 amide bonds. The Hall–Kier alpha value is -1.27. The van der Waals surface area contributed by atoms with Gasteiger partial charge in [-0.25, -0.2) is 25.9 Å². The Labute approximate surface area is 205 Å². The molecule has 0 bridgehead atoms. The number of rotatable bonds is 4. The minimum atomic E-state index is -3.60. The van der Waals surface area contributed by atoms with Crippen LogP contribution < -0.4 is 4.72 Å². The van der Waals surface area contributed by atoms with Crippen molar-refractivity contribution in [2.75, 3.05) is 0 Å². The Morgan fingerprint density at radius 1 is 1.00 bits per heavy atom. The van der Waals surface area contributed by atoms with Crippen molar-refractivity contribution in [3.63, 3.8) is 0 Å². The Balaban J connectivity index is 0.000000176. The van der Waals surface area contributed by atoms with Gasteiger partial charge in [0.15, 0.2) is 0 Å². The van der Waals surface area contributed by atoms with Crippen LogP contribution >= 0.6 is 31.9 Å². The Kier molecular flexibility index (Phi) is 7.27. The average Bonchev–Trinajstić information content (AvgIpc) is 3.60. The maximum absolute atomic E-state index is 12.1. The van der Waals surface area contributed by atoms with Crippen molar-refractivity contribution in [2.45, 2.75) is 61.9 Å². The topological polar surface area (TPSA) is 101 Å². The molecule has 2 aromatic rings. The van der Waals surface area contributed by atoms with Crippen LogP contribution in [0.25, 0.3) is 0 Å². The molecule has 1 heterocycles. The monoisotopic (exact) mass is 606 g/mol. The van der Waals surface area contributed by atoms with E-state index in [9.17, 15) is 21.6 Å². The van der Waals surface area contributed by atoms with Gasteiger partial charge < -0.3 is 0 Å². The van der Waals surface area contributed by atoms with Gasteiger partial charge in [-0.15, -0.1) is 0 Å². The molecule has 174 valence electrons. The first kappa shape index (κ1) is 25.4. The zero-order valence-electron chi connectivity index (χ0n) is 16.5. The summed E-state index contributed by atoms with van der Waals surface area (Å²) in [5.74, 6) is -0.398. The van der Waals surface area contributed by atoms with Crippen molar-refractivity contribution >= 4 is 57.8 Å². The molecule has 2 aliphatic carbocycles. The lowest BCUT2D eigenvalue weighted by Crippen LogP contribution is -2.32. The number of benzene rings is 2. The number of sulfonamides is 2. The largest absolute Gasteiger partial charge is 0.270 e. The molecule has 0 aromatic heterocycles. The summed E-state index contributed by atoms with van der Waals surface area (Å²) in [5, 5.41) is 0. The fourth-order valence-electron chi connectivity index (χ4n) is 3.29. The molecule has 2 saturated carbocycles. The van der Waals surface area contributed by atoms with E-state index < -0.39 is 26.0 Å². The lowest BCUT2D eigenvalue weighted by Gasteiger charge is -2.12. The molecule has 0 atom stereocenters. The summed E-state index contributed by atoms with van der Waals surface area (Å²) in [6.07, 6.45) is 3.45. The fourth-order valence-corrected chi connectivity index (χ4v) is 7.85. The number of nitrogens with one attached hydrogen (secondary N) is 1. The van der Waals surface area contributed by atoms with Crippen LogP contribution in [0.1, 0.15) is 49.0 Å². The zero-order chi connectivity index (χ0) is 22.6. The average molecular weight is 608 g/mol. The standard InChI is InChI=1S/C10H8BrNO3S.C10H12BrNO2S.CH4/c11-7-2-1-3-8-9(7)10(13)12(6-4-5-6)16(8,14)15;1-7-9(11)3-2-4-10(7)15(13,14)12-8-5-6-8;/h1-3,6H,4-5H2;2-4,8,12H,5-6H2,1H3;1H4. The molecule has 32 heavy (non-hydrogen) atoms. The maximum atomic E-state index is 12.1. The second kappa shape index (κ2) is 9.17. The predicted octanol–water partition coefficient (Wildman–Crippen LogP) is 4.59. The van der Waals surface area contributed by atoms with Crippen molar-refractivity contribution in [3.05, 3.63) is 56.5 Å². The van der Waals surface area contributed by atoms with Crippen LogP contribution in [0.5, 0.6) is 0 Å². The highest BCUT2D eigenvalue weighted by atomic mass is 79.9. The van der Waals surface area contributed by atoms with E-state index in [4.69, 9.17) is 0 Å². The first-order chi connectivity index (χ1) is 14.5. The van der Waals surface area contributed by atoms with Gasteiger partial charge in [-0.05, 0) is 78.4 Å². The second-order valence-electron chi connectivity index (χ2n) is 7.71. The van der Waals surface area contributed by atoms with Crippen molar-refractivity contribution in [3.8, 4) is 0 Å². The van der Waals surface area contributed by atoms with E-state index in [-0.39, 0.29) is 30.0 Å². The highest BCUT2D eigenvalue weighted by Crippen LogP contribution is 2.41. The Morgan fingerprint density at radius 3 is 2.16 bits per heavy atom. The lowest BCUT2D eigenvalue weighted by molar-refractivity contribution is 0.0864. The molecule has 7 nitrogen and oxygen atoms in total. The van der Waals surface area contributed by atoms with Gasteiger partial charge in [0.1, 0.15) is 4.90 Å². The zero-order valence-corrected chi connectivity index (χ0v) is 21.3. The molecule has 11 heteroatoms. The Morgan fingerprint density at radius 2 is 1.59 bits per heavy atom. The van der Waals surface area contributed by atoms with E-state index in [0.717, 1.165) is 40.0 Å². The first-order valence-corrected chi connectivity index (χ1v) is 14.2. The molecule has 2 fully saturated rings. The van der Waals surface area contributed by atoms with Crippen LogP contribution in [0.3, 0.4) is 0 Å². The molecule has 0 spiro atoms. The van der Waals surface area contributed by atoms with E-state index in [2.05, 4.69) is 36.6 Å². The number of hydrogen-bond donors (Lipinski definition) is 1. The van der Waals surface area contributed by atoms with Gasteiger partial charge in [0.25, 0.3) is 15.9 Å². The minimum Gasteiger partial charge on any atom is -0.268 e. The number of carbonyl (C=O) groups excluding carboxylic acids is 1. The van der Waals surface area contributed by atoms with Crippen LogP contribution in [0.4, 0.5) is 0 Å². The lowest BCUT2D eigenvalue weighted by atomic mass is 10.2. The molecule has 5 rings (SSSR count). The summed E-state index contributed by atoms with van der Waals surface area (Å²) < 4.78 is 53.1. The number of carbonyl (C=O) groups is 1. The third kappa shape index (κ3) is 4.82. The Bertz CT molecular complexity index is 1270. The number of amides is 1. The minimum absolute atomic E-state index is 0. The molecule has 3 aliphatic rings. The third-order valence-corrected chi connectivity index (χ3v) is 10.3. The van der Waals surface area contributed by atoms with E-state index in [1.165, 1.54) is 6.07 Å². The third-order valence-electron chi connectivity index (χ3n) is 5.21. The quantitative estimate of drug-likeness (QED) is 0.548. The van der Waals surface area contributed by atoms with Gasteiger partial charge in [-0.3, -0.25) is 4.79 Å². The van der Waals surface area contributed by atoms with Gasteiger partial charge in [0.05, 0.1) is 10.5 Å². The first-order valence-electron chi connectivity index (χ1n) is 9.69. The van der Waals surface area contributed by atoms with E-state index in [1.807, 2.05) is 6.07 Å². The summed E-state index contributed by atoms with van der Waals surface area (Å²) in [7, 11) is -6.93. The predicted molar refractivity (Wildman–Crippen MR) is 129 cm³/mol. The SMILES string of the molecule is C.Cc1c(Br)cccc1S(=O)(=O)NC1CC1.O=C1c2c(Br)cccc2S(=O)(=O)N1C1CC1. The summed E-state index contributed by atoms with van der Waals surface area (Å²) in [5.41, 5.74) is 1.03. The van der Waals surface area contributed by atoms with Gasteiger partial charge in [-0.2, -0.15) is 0 Å². The molecule has 0 unspecified atom stereocenters. The molecular formula is C21H24Br2N2O5S2. The highest BCUT2D eigenvalue weighted by Gasteiger charge is 2.49. The van der Waals surface area contributed by atoms with Crippen molar-refractivity contribution in [2.24, 2.45) is 0 Å². The molecule has 0 radical (unpaired) electrons. The summed E-state index contributed by atoms with van der Waals surface area (Å²) in [4.78, 5) is 12.5. The molecule has 2 aromatic carbocycles. The van der Waals surface area contributed by atoms with Gasteiger partial charge >= 0.3 is 0 Å². The summed E-state index contributed by atoms with van der Waals surface area (Å²) in [6, 6.07) is 10.0. The van der Waals surface area contributed by atoms with E-state index >= 15 is 0 Å². The molecule has 1 N–H and O–H groups in total. The normalized spacial score (nSPS) is 19.0. The number of hydrogen-bond acceptors (Lipinski definition) is 5. The maximum Gasteiger partial charge on any atom is 0.270 e. The second-order valence-corrected chi connectivity index (χ2v) is 12.9. The van der Waals surface area contributed by atoms with Crippen molar-refractivity contribution in [1.29, 1.82) is 0 Å². The van der Waals surface area contributed by atoms with Crippen LogP contribution in [-0.2, 0) is 20.0 Å². The van der Waals surface area contributed by atoms with Crippen molar-refractivity contribution < 1.29 is 21.6 Å². The highest BCUT2D eigenvalue weighted by molar-refractivity contribution is 9.10. The van der Waals surface area contributed by atoms with Crippen molar-refractivity contribution in [1.82, 2.24) is 9.03 Å². The van der Waals surface area contributed by atoms with Crippen LogP contribution in [0, 0.1) is 6.92 Å². The van der Waals surface area contributed by atoms with E-state index in [1.54, 1.807) is 31.2 Å². The summed E-state index contributed by atoms with van der Waals surface area (Å²) >= 11 is 6.55. The number of fused-ring (bicyclic) bond motifs is 1. The number of nitrogens with zero attached hydrogens (tertiary/aromatic N) is 1. The smallest absolute Gasteiger partial charge is 0.268 e. The summed E-state index contributed by atoms with van der Waals surface area (Å²) in [6.45, 7) is 1.80. The van der Waals surface area contributed by atoms with Crippen LogP contribution in [0.2, 0.25) is 0 Å². The van der Waals surface area contributed by atoms with Crippen LogP contribution in [-0.4, -0.2) is 39.1 Å². The van der Waals surface area contributed by atoms with Crippen LogP contribution in [0.15, 0.2) is 55.1 Å². The van der Waals surface area contributed by atoms with Gasteiger partial charge in [0.2, 0.25) is 10.0 Å². The molecule has 0 saturated heterocycles.